The maximum Gasteiger partial charge on any atom is 0.213 e. The number of aromatic nitrogens is 1. The van der Waals surface area contributed by atoms with Crippen molar-refractivity contribution in [2.45, 2.75) is 26.5 Å². The number of hydrogen-bond donors (Lipinski definition) is 1. The van der Waals surface area contributed by atoms with E-state index >= 15 is 0 Å². The zero-order valence-corrected chi connectivity index (χ0v) is 14.2. The van der Waals surface area contributed by atoms with E-state index in [1.807, 2.05) is 30.3 Å². The summed E-state index contributed by atoms with van der Waals surface area (Å²) in [5.41, 5.74) is 2.09. The summed E-state index contributed by atoms with van der Waals surface area (Å²) < 4.78 is 6.77. The lowest BCUT2D eigenvalue weighted by atomic mass is 10.2. The van der Waals surface area contributed by atoms with Gasteiger partial charge in [-0.2, -0.15) is 0 Å². The van der Waals surface area contributed by atoms with Crippen LogP contribution in [0, 0.1) is 0 Å². The third-order valence-electron chi connectivity index (χ3n) is 2.93. The van der Waals surface area contributed by atoms with Gasteiger partial charge in [-0.1, -0.05) is 46.6 Å². The molecule has 2 rings (SSSR count). The normalized spacial score (nSPS) is 10.6. The van der Waals surface area contributed by atoms with Crippen molar-refractivity contribution in [3.63, 3.8) is 0 Å². The van der Waals surface area contributed by atoms with Crippen LogP contribution in [0.2, 0.25) is 5.02 Å². The molecule has 0 saturated carbocycles. The van der Waals surface area contributed by atoms with E-state index in [9.17, 15) is 0 Å². The second-order valence-electron chi connectivity index (χ2n) is 4.71. The Morgan fingerprint density at radius 1 is 1.33 bits per heavy atom. The minimum Gasteiger partial charge on any atom is -0.473 e. The summed E-state index contributed by atoms with van der Waals surface area (Å²) in [4.78, 5) is 4.21. The highest BCUT2D eigenvalue weighted by Gasteiger charge is 2.05. The highest BCUT2D eigenvalue weighted by Crippen LogP contribution is 2.20. The number of pyridine rings is 1. The van der Waals surface area contributed by atoms with Gasteiger partial charge >= 0.3 is 0 Å². The van der Waals surface area contributed by atoms with Gasteiger partial charge in [-0.15, -0.1) is 0 Å². The van der Waals surface area contributed by atoms with Crippen molar-refractivity contribution >= 4 is 27.5 Å². The van der Waals surface area contributed by atoms with Crippen molar-refractivity contribution in [3.8, 4) is 5.88 Å². The minimum atomic E-state index is 0.482. The molecule has 0 amide bonds. The van der Waals surface area contributed by atoms with E-state index in [1.165, 1.54) is 0 Å². The monoisotopic (exact) mass is 368 g/mol. The first-order chi connectivity index (χ1) is 10.2. The third-order valence-corrected chi connectivity index (χ3v) is 3.76. The molecule has 5 heteroatoms. The Morgan fingerprint density at radius 3 is 2.95 bits per heavy atom. The Kier molecular flexibility index (Phi) is 6.49. The van der Waals surface area contributed by atoms with Crippen LogP contribution in [0.4, 0.5) is 0 Å². The molecule has 0 bridgehead atoms. The Morgan fingerprint density at radius 2 is 2.19 bits per heavy atom. The lowest BCUT2D eigenvalue weighted by Gasteiger charge is -2.09. The summed E-state index contributed by atoms with van der Waals surface area (Å²) in [5.74, 6) is 0.590. The van der Waals surface area contributed by atoms with Crippen LogP contribution < -0.4 is 10.1 Å². The van der Waals surface area contributed by atoms with Crippen molar-refractivity contribution in [3.05, 3.63) is 57.2 Å². The molecule has 2 aromatic rings. The SMILES string of the molecule is CCCNCc1cc(OCc2cccc(Br)c2)ncc1Cl. The third kappa shape index (κ3) is 5.30. The molecule has 112 valence electrons. The standard InChI is InChI=1S/C16H18BrClN2O/c1-2-6-19-9-13-8-16(20-10-15(13)18)21-11-12-4-3-5-14(17)7-12/h3-5,7-8,10,19H,2,6,9,11H2,1H3. The maximum absolute atomic E-state index is 6.15. The van der Waals surface area contributed by atoms with Crippen LogP contribution in [0.15, 0.2) is 41.0 Å². The lowest BCUT2D eigenvalue weighted by molar-refractivity contribution is 0.293. The molecule has 21 heavy (non-hydrogen) atoms. The highest BCUT2D eigenvalue weighted by molar-refractivity contribution is 9.10. The molecule has 0 aliphatic carbocycles. The van der Waals surface area contributed by atoms with Gasteiger partial charge in [0.2, 0.25) is 5.88 Å². The first kappa shape index (κ1) is 16.3. The molecule has 0 fully saturated rings. The number of rotatable bonds is 7. The Labute approximate surface area is 138 Å². The predicted molar refractivity (Wildman–Crippen MR) is 89.7 cm³/mol. The number of benzene rings is 1. The van der Waals surface area contributed by atoms with E-state index in [2.05, 4.69) is 33.2 Å². The number of nitrogens with one attached hydrogen (secondary N) is 1. The fraction of sp³-hybridized carbons (Fsp3) is 0.312. The van der Waals surface area contributed by atoms with Gasteiger partial charge in [0.05, 0.1) is 5.02 Å². The molecule has 0 unspecified atom stereocenters. The molecule has 1 N–H and O–H groups in total. The second-order valence-corrected chi connectivity index (χ2v) is 6.03. The van der Waals surface area contributed by atoms with E-state index in [0.717, 1.165) is 35.1 Å². The van der Waals surface area contributed by atoms with Crippen molar-refractivity contribution in [2.75, 3.05) is 6.54 Å². The summed E-state index contributed by atoms with van der Waals surface area (Å²) in [6, 6.07) is 9.91. The van der Waals surface area contributed by atoms with Crippen LogP contribution in [-0.2, 0) is 13.2 Å². The van der Waals surface area contributed by atoms with Gasteiger partial charge in [0.15, 0.2) is 0 Å². The number of ether oxygens (including phenoxy) is 1. The summed E-state index contributed by atoms with van der Waals surface area (Å²) in [7, 11) is 0. The molecule has 1 aromatic heterocycles. The maximum atomic E-state index is 6.15. The van der Waals surface area contributed by atoms with Gasteiger partial charge in [-0.3, -0.25) is 0 Å². The predicted octanol–water partition coefficient (Wildman–Crippen LogP) is 4.58. The zero-order valence-electron chi connectivity index (χ0n) is 11.9. The van der Waals surface area contributed by atoms with Crippen molar-refractivity contribution in [2.24, 2.45) is 0 Å². The quantitative estimate of drug-likeness (QED) is 0.726. The topological polar surface area (TPSA) is 34.1 Å². The van der Waals surface area contributed by atoms with Crippen LogP contribution in [0.3, 0.4) is 0 Å². The average Bonchev–Trinajstić information content (AvgIpc) is 2.48. The van der Waals surface area contributed by atoms with Gasteiger partial charge in [0.1, 0.15) is 6.61 Å². The molecular weight excluding hydrogens is 352 g/mol. The van der Waals surface area contributed by atoms with Crippen molar-refractivity contribution in [1.29, 1.82) is 0 Å². The smallest absolute Gasteiger partial charge is 0.213 e. The van der Waals surface area contributed by atoms with Crippen LogP contribution in [0.25, 0.3) is 0 Å². The largest absolute Gasteiger partial charge is 0.473 e. The molecule has 0 aliphatic rings. The van der Waals surface area contributed by atoms with Gasteiger partial charge in [0.25, 0.3) is 0 Å². The Hall–Kier alpha value is -1.10. The first-order valence-electron chi connectivity index (χ1n) is 6.91. The van der Waals surface area contributed by atoms with Crippen LogP contribution in [0.1, 0.15) is 24.5 Å². The molecule has 3 nitrogen and oxygen atoms in total. The molecule has 0 saturated heterocycles. The summed E-state index contributed by atoms with van der Waals surface area (Å²) in [6.07, 6.45) is 2.73. The van der Waals surface area contributed by atoms with Crippen LogP contribution in [-0.4, -0.2) is 11.5 Å². The van der Waals surface area contributed by atoms with Gasteiger partial charge in [0, 0.05) is 23.3 Å². The van der Waals surface area contributed by atoms with E-state index in [4.69, 9.17) is 16.3 Å². The van der Waals surface area contributed by atoms with Crippen LogP contribution in [0.5, 0.6) is 5.88 Å². The average molecular weight is 370 g/mol. The second kappa shape index (κ2) is 8.37. The summed E-state index contributed by atoms with van der Waals surface area (Å²) in [6.45, 7) is 4.30. The van der Waals surface area contributed by atoms with E-state index in [-0.39, 0.29) is 0 Å². The summed E-state index contributed by atoms with van der Waals surface area (Å²) in [5, 5.41) is 3.99. The Bertz CT molecular complexity index is 592. The van der Waals surface area contributed by atoms with Crippen molar-refractivity contribution in [1.82, 2.24) is 10.3 Å². The van der Waals surface area contributed by atoms with Gasteiger partial charge < -0.3 is 10.1 Å². The number of nitrogens with zero attached hydrogens (tertiary/aromatic N) is 1. The fourth-order valence-corrected chi connectivity index (χ4v) is 2.47. The molecule has 1 heterocycles. The van der Waals surface area contributed by atoms with E-state index in [0.29, 0.717) is 17.5 Å². The van der Waals surface area contributed by atoms with Crippen LogP contribution >= 0.6 is 27.5 Å². The Balaban J connectivity index is 1.98. The lowest BCUT2D eigenvalue weighted by Crippen LogP contribution is -2.14. The molecule has 0 aliphatic heterocycles. The first-order valence-corrected chi connectivity index (χ1v) is 8.08. The zero-order chi connectivity index (χ0) is 15.1. The van der Waals surface area contributed by atoms with Gasteiger partial charge in [-0.05, 0) is 36.2 Å². The fourth-order valence-electron chi connectivity index (χ4n) is 1.86. The number of halogens is 2. The molecule has 0 spiro atoms. The molecule has 0 atom stereocenters. The highest BCUT2D eigenvalue weighted by atomic mass is 79.9. The van der Waals surface area contributed by atoms with E-state index in [1.54, 1.807) is 6.20 Å². The summed E-state index contributed by atoms with van der Waals surface area (Å²) >= 11 is 9.60. The molecular formula is C16H18BrClN2O. The molecule has 0 radical (unpaired) electrons. The number of hydrogen-bond acceptors (Lipinski definition) is 3. The minimum absolute atomic E-state index is 0.482. The van der Waals surface area contributed by atoms with Gasteiger partial charge in [-0.25, -0.2) is 4.98 Å². The van der Waals surface area contributed by atoms with E-state index < -0.39 is 0 Å². The van der Waals surface area contributed by atoms with Crippen molar-refractivity contribution < 1.29 is 4.74 Å². The molecule has 1 aromatic carbocycles.